The smallest absolute Gasteiger partial charge is 0.241 e. The van der Waals surface area contributed by atoms with Crippen molar-refractivity contribution in [2.24, 2.45) is 5.92 Å². The first kappa shape index (κ1) is 15.4. The first-order valence-corrected chi connectivity index (χ1v) is 8.27. The summed E-state index contributed by atoms with van der Waals surface area (Å²) in [4.78, 5) is 0.0438. The van der Waals surface area contributed by atoms with Crippen LogP contribution in [0.4, 0.5) is 4.39 Å². The van der Waals surface area contributed by atoms with Crippen molar-refractivity contribution in [1.82, 2.24) is 10.0 Å². The Morgan fingerprint density at radius 2 is 2.00 bits per heavy atom. The molecular formula is C14H21FN2O2S. The van der Waals surface area contributed by atoms with Crippen molar-refractivity contribution in [3.05, 3.63) is 29.1 Å². The average molecular weight is 300 g/mol. The highest BCUT2D eigenvalue weighted by atomic mass is 32.2. The quantitative estimate of drug-likeness (QED) is 0.873. The summed E-state index contributed by atoms with van der Waals surface area (Å²) in [5.74, 6) is 0.0660. The second-order valence-electron chi connectivity index (χ2n) is 5.63. The van der Waals surface area contributed by atoms with Crippen LogP contribution in [0.1, 0.15) is 30.9 Å². The molecule has 0 saturated heterocycles. The molecular weight excluding hydrogens is 279 g/mol. The molecule has 0 amide bonds. The fraction of sp³-hybridized carbons (Fsp3) is 0.571. The van der Waals surface area contributed by atoms with Gasteiger partial charge in [-0.3, -0.25) is 0 Å². The number of benzene rings is 1. The predicted octanol–water partition coefficient (Wildman–Crippen LogP) is 1.93. The topological polar surface area (TPSA) is 58.2 Å². The van der Waals surface area contributed by atoms with Gasteiger partial charge in [-0.05, 0) is 50.4 Å². The summed E-state index contributed by atoms with van der Waals surface area (Å²) < 4.78 is 41.3. The summed E-state index contributed by atoms with van der Waals surface area (Å²) in [6.45, 7) is 4.01. The van der Waals surface area contributed by atoms with Crippen LogP contribution >= 0.6 is 0 Å². The van der Waals surface area contributed by atoms with Gasteiger partial charge in [0.2, 0.25) is 10.0 Å². The third-order valence-corrected chi connectivity index (χ3v) is 5.37. The van der Waals surface area contributed by atoms with Crippen molar-refractivity contribution in [3.63, 3.8) is 0 Å². The van der Waals surface area contributed by atoms with Gasteiger partial charge >= 0.3 is 0 Å². The molecule has 112 valence electrons. The van der Waals surface area contributed by atoms with E-state index in [4.69, 9.17) is 0 Å². The highest BCUT2D eigenvalue weighted by molar-refractivity contribution is 7.89. The zero-order valence-corrected chi connectivity index (χ0v) is 12.8. The molecule has 0 bridgehead atoms. The molecule has 1 aromatic rings. The second kappa shape index (κ2) is 5.79. The van der Waals surface area contributed by atoms with E-state index in [0.717, 1.165) is 12.8 Å². The van der Waals surface area contributed by atoms with Gasteiger partial charge in [0.05, 0.1) is 4.90 Å². The molecule has 0 spiro atoms. The fourth-order valence-corrected chi connectivity index (χ4v) is 4.14. The number of halogens is 1. The summed E-state index contributed by atoms with van der Waals surface area (Å²) in [5, 5.41) is 2.90. The number of hydrogen-bond donors (Lipinski definition) is 2. The summed E-state index contributed by atoms with van der Waals surface area (Å²) in [7, 11) is -1.92. The van der Waals surface area contributed by atoms with Crippen molar-refractivity contribution in [1.29, 1.82) is 0 Å². The van der Waals surface area contributed by atoms with E-state index in [1.165, 1.54) is 13.0 Å². The Balaban J connectivity index is 2.30. The lowest BCUT2D eigenvalue weighted by atomic mass is 9.83. The minimum Gasteiger partial charge on any atom is -0.316 e. The van der Waals surface area contributed by atoms with Crippen LogP contribution in [0.5, 0.6) is 0 Å². The molecule has 1 aromatic carbocycles. The van der Waals surface area contributed by atoms with E-state index in [9.17, 15) is 12.8 Å². The number of nitrogens with one attached hydrogen (secondary N) is 2. The van der Waals surface area contributed by atoms with Gasteiger partial charge in [-0.1, -0.05) is 6.92 Å². The van der Waals surface area contributed by atoms with Gasteiger partial charge in [0, 0.05) is 18.2 Å². The van der Waals surface area contributed by atoms with Crippen molar-refractivity contribution >= 4 is 10.0 Å². The molecule has 1 fully saturated rings. The molecule has 0 heterocycles. The first-order valence-electron chi connectivity index (χ1n) is 6.79. The summed E-state index contributed by atoms with van der Waals surface area (Å²) in [6.07, 6.45) is 1.69. The maximum absolute atomic E-state index is 13.9. The first-order chi connectivity index (χ1) is 9.33. The molecule has 4 nitrogen and oxygen atoms in total. The van der Waals surface area contributed by atoms with Crippen LogP contribution in [-0.4, -0.2) is 21.5 Å². The van der Waals surface area contributed by atoms with Gasteiger partial charge in [-0.15, -0.1) is 0 Å². The average Bonchev–Trinajstić information content (AvgIpc) is 2.31. The van der Waals surface area contributed by atoms with E-state index in [1.807, 2.05) is 0 Å². The van der Waals surface area contributed by atoms with E-state index in [1.54, 1.807) is 13.1 Å². The third-order valence-electron chi connectivity index (χ3n) is 3.72. The Hall–Kier alpha value is -0.980. The SMILES string of the molecule is CNCc1cc(F)c(C)c(S(=O)(=O)NC2CC(C)C2)c1. The zero-order valence-electron chi connectivity index (χ0n) is 12.0. The minimum absolute atomic E-state index is 0.0228. The van der Waals surface area contributed by atoms with Crippen LogP contribution in [0.3, 0.4) is 0 Å². The van der Waals surface area contributed by atoms with E-state index >= 15 is 0 Å². The molecule has 0 radical (unpaired) electrons. The highest BCUT2D eigenvalue weighted by Crippen LogP contribution is 2.29. The Bertz CT molecular complexity index is 595. The Kier molecular flexibility index (Phi) is 4.46. The number of sulfonamides is 1. The summed E-state index contributed by atoms with van der Waals surface area (Å²) >= 11 is 0. The van der Waals surface area contributed by atoms with E-state index in [0.29, 0.717) is 18.0 Å². The fourth-order valence-electron chi connectivity index (χ4n) is 2.57. The third kappa shape index (κ3) is 3.19. The maximum Gasteiger partial charge on any atom is 0.241 e. The van der Waals surface area contributed by atoms with Crippen LogP contribution in [0.25, 0.3) is 0 Å². The molecule has 0 atom stereocenters. The van der Waals surface area contributed by atoms with Crippen LogP contribution < -0.4 is 10.0 Å². The second-order valence-corrected chi connectivity index (χ2v) is 7.31. The van der Waals surface area contributed by atoms with Crippen molar-refractivity contribution in [3.8, 4) is 0 Å². The molecule has 0 aliphatic heterocycles. The molecule has 1 saturated carbocycles. The predicted molar refractivity (Wildman–Crippen MR) is 76.4 cm³/mol. The maximum atomic E-state index is 13.9. The van der Waals surface area contributed by atoms with Crippen molar-refractivity contribution in [2.75, 3.05) is 7.05 Å². The summed E-state index contributed by atoms with van der Waals surface area (Å²) in [6, 6.07) is 2.89. The molecule has 20 heavy (non-hydrogen) atoms. The Labute approximate surface area is 119 Å². The standard InChI is InChI=1S/C14H21FN2O2S/c1-9-4-12(5-9)17-20(18,19)14-7-11(8-16-3)6-13(15)10(14)2/h6-7,9,12,16-17H,4-5,8H2,1-3H3. The Morgan fingerprint density at radius 3 is 2.55 bits per heavy atom. The lowest BCUT2D eigenvalue weighted by Crippen LogP contribution is -2.43. The van der Waals surface area contributed by atoms with Gasteiger partial charge in [0.1, 0.15) is 5.82 Å². The monoisotopic (exact) mass is 300 g/mol. The molecule has 2 rings (SSSR count). The molecule has 0 aromatic heterocycles. The normalized spacial score (nSPS) is 22.6. The van der Waals surface area contributed by atoms with Crippen LogP contribution in [-0.2, 0) is 16.6 Å². The Morgan fingerprint density at radius 1 is 1.35 bits per heavy atom. The van der Waals surface area contributed by atoms with Crippen LogP contribution in [0.2, 0.25) is 0 Å². The number of hydrogen-bond acceptors (Lipinski definition) is 3. The van der Waals surface area contributed by atoms with Gasteiger partial charge in [0.25, 0.3) is 0 Å². The lowest BCUT2D eigenvalue weighted by molar-refractivity contribution is 0.270. The number of rotatable bonds is 5. The molecule has 6 heteroatoms. The highest BCUT2D eigenvalue weighted by Gasteiger charge is 2.31. The van der Waals surface area contributed by atoms with Crippen molar-refractivity contribution in [2.45, 2.75) is 44.2 Å². The van der Waals surface area contributed by atoms with E-state index in [-0.39, 0.29) is 16.5 Å². The molecule has 1 aliphatic rings. The van der Waals surface area contributed by atoms with E-state index < -0.39 is 15.8 Å². The summed E-state index contributed by atoms with van der Waals surface area (Å²) in [5.41, 5.74) is 0.794. The van der Waals surface area contributed by atoms with Crippen molar-refractivity contribution < 1.29 is 12.8 Å². The van der Waals surface area contributed by atoms with Gasteiger partial charge in [-0.25, -0.2) is 17.5 Å². The lowest BCUT2D eigenvalue weighted by Gasteiger charge is -2.33. The van der Waals surface area contributed by atoms with Gasteiger partial charge < -0.3 is 5.32 Å². The van der Waals surface area contributed by atoms with Gasteiger partial charge in [-0.2, -0.15) is 0 Å². The minimum atomic E-state index is -3.66. The van der Waals surface area contributed by atoms with Gasteiger partial charge in [0.15, 0.2) is 0 Å². The van der Waals surface area contributed by atoms with Crippen LogP contribution in [0.15, 0.2) is 17.0 Å². The largest absolute Gasteiger partial charge is 0.316 e. The zero-order chi connectivity index (χ0) is 14.9. The molecule has 2 N–H and O–H groups in total. The van der Waals surface area contributed by atoms with Crippen LogP contribution in [0, 0.1) is 18.7 Å². The molecule has 1 aliphatic carbocycles. The molecule has 0 unspecified atom stereocenters. The van der Waals surface area contributed by atoms with E-state index in [2.05, 4.69) is 17.0 Å².